The molecule has 1 fully saturated rings. The number of hydrogen-bond donors (Lipinski definition) is 3. The Hall–Kier alpha value is -2.45. The molecule has 1 amide bonds. The van der Waals surface area contributed by atoms with Gasteiger partial charge in [0.25, 0.3) is 5.91 Å². The number of hydrogen-bond acceptors (Lipinski definition) is 7. The van der Waals surface area contributed by atoms with Gasteiger partial charge in [0.2, 0.25) is 5.95 Å². The van der Waals surface area contributed by atoms with E-state index in [9.17, 15) is 9.90 Å². The van der Waals surface area contributed by atoms with E-state index in [0.29, 0.717) is 17.2 Å². The van der Waals surface area contributed by atoms with Gasteiger partial charge in [-0.3, -0.25) is 4.79 Å². The summed E-state index contributed by atoms with van der Waals surface area (Å²) >= 11 is 0. The zero-order chi connectivity index (χ0) is 20.1. The molecule has 152 valence electrons. The van der Waals surface area contributed by atoms with Crippen LogP contribution >= 0.6 is 0 Å². The number of carbonyl (C=O) groups is 1. The zero-order valence-electron chi connectivity index (χ0n) is 16.4. The predicted molar refractivity (Wildman–Crippen MR) is 106 cm³/mol. The zero-order valence-corrected chi connectivity index (χ0v) is 16.4. The number of amides is 1. The minimum atomic E-state index is -0.210. The number of aliphatic hydroxyl groups is 2. The second-order valence-corrected chi connectivity index (χ2v) is 7.32. The van der Waals surface area contributed by atoms with Gasteiger partial charge >= 0.3 is 0 Å². The van der Waals surface area contributed by atoms with Gasteiger partial charge in [-0.05, 0) is 38.2 Å². The number of nitrogens with zero attached hydrogens (tertiary/aromatic N) is 3. The Labute approximate surface area is 164 Å². The third-order valence-corrected chi connectivity index (χ3v) is 5.13. The average Bonchev–Trinajstić information content (AvgIpc) is 2.69. The van der Waals surface area contributed by atoms with Crippen molar-refractivity contribution in [1.82, 2.24) is 14.9 Å². The predicted octanol–water partition coefficient (Wildman–Crippen LogP) is 1.48. The van der Waals surface area contributed by atoms with E-state index in [4.69, 9.17) is 9.84 Å². The fraction of sp³-hybridized carbons (Fsp3) is 0.550. The van der Waals surface area contributed by atoms with Gasteiger partial charge in [-0.25, -0.2) is 9.97 Å². The number of aryl methyl sites for hydroxylation is 1. The van der Waals surface area contributed by atoms with Crippen LogP contribution in [0, 0.1) is 6.92 Å². The number of rotatable bonds is 7. The lowest BCUT2D eigenvalue weighted by atomic mass is 9.93. The molecule has 8 nitrogen and oxygen atoms in total. The largest absolute Gasteiger partial charge is 0.481 e. The molecular formula is C20H28N4O4. The number of ether oxygens (including phenoxy) is 1. The summed E-state index contributed by atoms with van der Waals surface area (Å²) in [7, 11) is 1.63. The highest BCUT2D eigenvalue weighted by Crippen LogP contribution is 2.29. The number of carbonyl (C=O) groups excluding carboxylic acids is 1. The molecule has 0 saturated heterocycles. The monoisotopic (exact) mass is 388 g/mol. The van der Waals surface area contributed by atoms with E-state index in [1.54, 1.807) is 13.2 Å². The molecule has 0 unspecified atom stereocenters. The van der Waals surface area contributed by atoms with E-state index in [1.807, 2.05) is 19.1 Å². The van der Waals surface area contributed by atoms with Gasteiger partial charge in [0, 0.05) is 31.2 Å². The average molecular weight is 388 g/mol. The highest BCUT2D eigenvalue weighted by molar-refractivity contribution is 5.86. The summed E-state index contributed by atoms with van der Waals surface area (Å²) in [5, 5.41) is 22.8. The number of likely N-dealkylation sites (N-methyl/N-ethyl adjacent to an activating group) is 1. The standard InChI is InChI=1S/C20H28N4O4/c1-13-3-4-14-11-21-20(22-15-5-7-16(26)8-6-15)23-18(14)19(13)28-12-17(27)24(2)9-10-25/h3-4,11,15-16,25-26H,5-10,12H2,1-2H3,(H,21,22,23). The lowest BCUT2D eigenvalue weighted by molar-refractivity contribution is -0.132. The fourth-order valence-electron chi connectivity index (χ4n) is 3.35. The second kappa shape index (κ2) is 9.16. The Morgan fingerprint density at radius 3 is 2.79 bits per heavy atom. The lowest BCUT2D eigenvalue weighted by Crippen LogP contribution is -2.33. The molecular weight excluding hydrogens is 360 g/mol. The van der Waals surface area contributed by atoms with Crippen LogP contribution in [0.2, 0.25) is 0 Å². The molecule has 0 radical (unpaired) electrons. The molecule has 8 heteroatoms. The summed E-state index contributed by atoms with van der Waals surface area (Å²) in [6.45, 7) is 1.97. The first-order valence-electron chi connectivity index (χ1n) is 9.66. The smallest absolute Gasteiger partial charge is 0.260 e. The van der Waals surface area contributed by atoms with Crippen LogP contribution in [0.25, 0.3) is 10.9 Å². The topological polar surface area (TPSA) is 108 Å². The third kappa shape index (κ3) is 4.88. The van der Waals surface area contributed by atoms with Crippen LogP contribution in [-0.4, -0.2) is 69.9 Å². The Morgan fingerprint density at radius 2 is 2.07 bits per heavy atom. The summed E-state index contributed by atoms with van der Waals surface area (Å²) in [5.74, 6) is 0.874. The molecule has 1 saturated carbocycles. The number of anilines is 1. The molecule has 1 aliphatic carbocycles. The molecule has 0 atom stereocenters. The van der Waals surface area contributed by atoms with Crippen LogP contribution < -0.4 is 10.1 Å². The van der Waals surface area contributed by atoms with Gasteiger partial charge in [-0.2, -0.15) is 0 Å². The van der Waals surface area contributed by atoms with Crippen molar-refractivity contribution in [3.05, 3.63) is 23.9 Å². The van der Waals surface area contributed by atoms with E-state index < -0.39 is 0 Å². The van der Waals surface area contributed by atoms with Gasteiger partial charge < -0.3 is 25.2 Å². The molecule has 28 heavy (non-hydrogen) atoms. The van der Waals surface area contributed by atoms with Crippen molar-refractivity contribution in [3.8, 4) is 5.75 Å². The minimum Gasteiger partial charge on any atom is -0.481 e. The summed E-state index contributed by atoms with van der Waals surface area (Å²) in [5.41, 5.74) is 1.54. The van der Waals surface area contributed by atoms with Crippen molar-refractivity contribution >= 4 is 22.8 Å². The molecule has 0 aliphatic heterocycles. The van der Waals surface area contributed by atoms with E-state index in [0.717, 1.165) is 36.6 Å². The number of nitrogens with one attached hydrogen (secondary N) is 1. The van der Waals surface area contributed by atoms with Crippen LogP contribution in [0.5, 0.6) is 5.75 Å². The van der Waals surface area contributed by atoms with Crippen molar-refractivity contribution < 1.29 is 19.7 Å². The van der Waals surface area contributed by atoms with E-state index in [-0.39, 0.29) is 37.8 Å². The van der Waals surface area contributed by atoms with Crippen LogP contribution in [0.4, 0.5) is 5.95 Å². The van der Waals surface area contributed by atoms with Crippen molar-refractivity contribution in [1.29, 1.82) is 0 Å². The SMILES string of the molecule is Cc1ccc2cnc(NC3CCC(O)CC3)nc2c1OCC(=O)N(C)CCO. The first-order valence-corrected chi connectivity index (χ1v) is 9.66. The van der Waals surface area contributed by atoms with Crippen LogP contribution in [0.15, 0.2) is 18.3 Å². The Balaban J connectivity index is 1.77. The Bertz CT molecular complexity index is 821. The molecule has 0 spiro atoms. The Kier molecular flexibility index (Phi) is 6.64. The number of benzene rings is 1. The maximum absolute atomic E-state index is 12.1. The number of aliphatic hydroxyl groups excluding tert-OH is 2. The van der Waals surface area contributed by atoms with Crippen LogP contribution in [-0.2, 0) is 4.79 Å². The van der Waals surface area contributed by atoms with E-state index >= 15 is 0 Å². The van der Waals surface area contributed by atoms with Crippen molar-refractivity contribution in [2.45, 2.75) is 44.8 Å². The lowest BCUT2D eigenvalue weighted by Gasteiger charge is -2.26. The molecule has 1 heterocycles. The Morgan fingerprint density at radius 1 is 1.32 bits per heavy atom. The first kappa shape index (κ1) is 20.3. The van der Waals surface area contributed by atoms with Crippen molar-refractivity contribution in [3.63, 3.8) is 0 Å². The first-order chi connectivity index (χ1) is 13.5. The minimum absolute atomic E-state index is 0.0873. The van der Waals surface area contributed by atoms with Gasteiger partial charge in [-0.15, -0.1) is 0 Å². The van der Waals surface area contributed by atoms with Crippen molar-refractivity contribution in [2.24, 2.45) is 0 Å². The molecule has 1 aromatic carbocycles. The van der Waals surface area contributed by atoms with E-state index in [1.165, 1.54) is 4.90 Å². The quantitative estimate of drug-likeness (QED) is 0.659. The normalized spacial score (nSPS) is 19.4. The number of aromatic nitrogens is 2. The molecule has 0 bridgehead atoms. The van der Waals surface area contributed by atoms with Gasteiger partial charge in [0.05, 0.1) is 12.7 Å². The highest BCUT2D eigenvalue weighted by Gasteiger charge is 2.20. The highest BCUT2D eigenvalue weighted by atomic mass is 16.5. The number of fused-ring (bicyclic) bond motifs is 1. The summed E-state index contributed by atoms with van der Waals surface area (Å²) in [4.78, 5) is 22.6. The second-order valence-electron chi connectivity index (χ2n) is 7.32. The summed E-state index contributed by atoms with van der Waals surface area (Å²) in [6.07, 6.45) is 4.86. The van der Waals surface area contributed by atoms with E-state index in [2.05, 4.69) is 15.3 Å². The summed E-state index contributed by atoms with van der Waals surface area (Å²) in [6, 6.07) is 4.08. The molecule has 3 rings (SSSR count). The molecule has 1 aliphatic rings. The summed E-state index contributed by atoms with van der Waals surface area (Å²) < 4.78 is 5.81. The molecule has 1 aromatic heterocycles. The van der Waals surface area contributed by atoms with Gasteiger partial charge in [0.15, 0.2) is 6.61 Å². The van der Waals surface area contributed by atoms with Gasteiger partial charge in [0.1, 0.15) is 11.3 Å². The van der Waals surface area contributed by atoms with Gasteiger partial charge in [-0.1, -0.05) is 12.1 Å². The molecule has 2 aromatic rings. The maximum atomic E-state index is 12.1. The maximum Gasteiger partial charge on any atom is 0.260 e. The van der Waals surface area contributed by atoms with Crippen LogP contribution in [0.3, 0.4) is 0 Å². The van der Waals surface area contributed by atoms with Crippen LogP contribution in [0.1, 0.15) is 31.2 Å². The third-order valence-electron chi connectivity index (χ3n) is 5.13. The van der Waals surface area contributed by atoms with Crippen molar-refractivity contribution in [2.75, 3.05) is 32.1 Å². The molecule has 3 N–H and O–H groups in total. The fourth-order valence-corrected chi connectivity index (χ4v) is 3.35.